The SMILES string of the molecule is COc1ccccc1CN1CCN(C(=O)Nc2ccc(C)cc2)CC1. The van der Waals surface area contributed by atoms with Crippen LogP contribution >= 0.6 is 0 Å². The number of amides is 2. The fourth-order valence-corrected chi connectivity index (χ4v) is 3.02. The fourth-order valence-electron chi connectivity index (χ4n) is 3.02. The van der Waals surface area contributed by atoms with Crippen molar-refractivity contribution in [1.82, 2.24) is 9.80 Å². The molecule has 0 radical (unpaired) electrons. The van der Waals surface area contributed by atoms with Gasteiger partial charge in [-0.05, 0) is 25.1 Å². The quantitative estimate of drug-likeness (QED) is 0.929. The second-order valence-electron chi connectivity index (χ2n) is 6.37. The number of carbonyl (C=O) groups excluding carboxylic acids is 1. The molecule has 5 nitrogen and oxygen atoms in total. The molecule has 0 spiro atoms. The summed E-state index contributed by atoms with van der Waals surface area (Å²) in [5.41, 5.74) is 3.21. The van der Waals surface area contributed by atoms with Gasteiger partial charge >= 0.3 is 6.03 Å². The van der Waals surface area contributed by atoms with E-state index in [9.17, 15) is 4.79 Å². The summed E-state index contributed by atoms with van der Waals surface area (Å²) in [7, 11) is 1.70. The summed E-state index contributed by atoms with van der Waals surface area (Å²) in [5, 5.41) is 2.97. The number of carbonyl (C=O) groups is 1. The molecular weight excluding hydrogens is 314 g/mol. The molecule has 0 atom stereocenters. The molecule has 3 rings (SSSR count). The van der Waals surface area contributed by atoms with Crippen LogP contribution in [0.25, 0.3) is 0 Å². The number of benzene rings is 2. The molecule has 0 aromatic heterocycles. The second-order valence-corrected chi connectivity index (χ2v) is 6.37. The van der Waals surface area contributed by atoms with Crippen LogP contribution in [0.1, 0.15) is 11.1 Å². The van der Waals surface area contributed by atoms with Crippen molar-refractivity contribution >= 4 is 11.7 Å². The van der Waals surface area contributed by atoms with Crippen LogP contribution in [0.2, 0.25) is 0 Å². The second kappa shape index (κ2) is 8.03. The van der Waals surface area contributed by atoms with E-state index in [4.69, 9.17) is 4.74 Å². The number of piperazine rings is 1. The van der Waals surface area contributed by atoms with Gasteiger partial charge in [0.05, 0.1) is 7.11 Å². The van der Waals surface area contributed by atoms with Crippen molar-refractivity contribution in [3.63, 3.8) is 0 Å². The van der Waals surface area contributed by atoms with Crippen LogP contribution in [-0.4, -0.2) is 49.1 Å². The zero-order chi connectivity index (χ0) is 17.6. The van der Waals surface area contributed by atoms with Crippen LogP contribution in [-0.2, 0) is 6.54 Å². The zero-order valence-corrected chi connectivity index (χ0v) is 14.9. The minimum Gasteiger partial charge on any atom is -0.496 e. The molecule has 0 unspecified atom stereocenters. The number of methoxy groups -OCH3 is 1. The van der Waals surface area contributed by atoms with Crippen molar-refractivity contribution in [2.75, 3.05) is 38.6 Å². The van der Waals surface area contributed by atoms with E-state index in [1.807, 2.05) is 54.3 Å². The molecule has 1 aliphatic heterocycles. The highest BCUT2D eigenvalue weighted by molar-refractivity contribution is 5.89. The Morgan fingerprint density at radius 1 is 1.04 bits per heavy atom. The lowest BCUT2D eigenvalue weighted by Gasteiger charge is -2.34. The van der Waals surface area contributed by atoms with Gasteiger partial charge in [0.15, 0.2) is 0 Å². The molecule has 1 saturated heterocycles. The summed E-state index contributed by atoms with van der Waals surface area (Å²) in [6, 6.07) is 15.9. The van der Waals surface area contributed by atoms with Crippen LogP contribution < -0.4 is 10.1 Å². The van der Waals surface area contributed by atoms with E-state index in [-0.39, 0.29) is 6.03 Å². The number of nitrogens with zero attached hydrogens (tertiary/aromatic N) is 2. The number of hydrogen-bond donors (Lipinski definition) is 1. The Bertz CT molecular complexity index is 707. The Balaban J connectivity index is 1.51. The van der Waals surface area contributed by atoms with Crippen LogP contribution in [0.4, 0.5) is 10.5 Å². The van der Waals surface area contributed by atoms with Gasteiger partial charge in [-0.1, -0.05) is 35.9 Å². The molecule has 132 valence electrons. The topological polar surface area (TPSA) is 44.8 Å². The monoisotopic (exact) mass is 339 g/mol. The third kappa shape index (κ3) is 4.51. The maximum atomic E-state index is 12.4. The summed E-state index contributed by atoms with van der Waals surface area (Å²) >= 11 is 0. The summed E-state index contributed by atoms with van der Waals surface area (Å²) in [6.45, 7) is 6.06. The maximum absolute atomic E-state index is 12.4. The fraction of sp³-hybridized carbons (Fsp3) is 0.350. The van der Waals surface area contributed by atoms with Crippen molar-refractivity contribution in [1.29, 1.82) is 0 Å². The predicted octanol–water partition coefficient (Wildman–Crippen LogP) is 3.35. The first-order valence-corrected chi connectivity index (χ1v) is 8.62. The lowest BCUT2D eigenvalue weighted by atomic mass is 10.1. The molecule has 0 aliphatic carbocycles. The lowest BCUT2D eigenvalue weighted by Crippen LogP contribution is -2.49. The van der Waals surface area contributed by atoms with Gasteiger partial charge in [-0.15, -0.1) is 0 Å². The van der Waals surface area contributed by atoms with Crippen LogP contribution in [0.3, 0.4) is 0 Å². The lowest BCUT2D eigenvalue weighted by molar-refractivity contribution is 0.142. The van der Waals surface area contributed by atoms with Crippen LogP contribution in [0.15, 0.2) is 48.5 Å². The number of para-hydroxylation sites is 1. The largest absolute Gasteiger partial charge is 0.496 e. The summed E-state index contributed by atoms with van der Waals surface area (Å²) in [6.07, 6.45) is 0. The van der Waals surface area contributed by atoms with Gasteiger partial charge in [0.25, 0.3) is 0 Å². The summed E-state index contributed by atoms with van der Waals surface area (Å²) < 4.78 is 5.42. The molecule has 1 heterocycles. The molecule has 1 aliphatic rings. The van der Waals surface area contributed by atoms with Crippen LogP contribution in [0, 0.1) is 6.92 Å². The number of anilines is 1. The van der Waals surface area contributed by atoms with Crippen molar-refractivity contribution < 1.29 is 9.53 Å². The number of urea groups is 1. The number of aryl methyl sites for hydroxylation is 1. The third-order valence-electron chi connectivity index (χ3n) is 4.55. The van der Waals surface area contributed by atoms with Gasteiger partial charge in [-0.2, -0.15) is 0 Å². The van der Waals surface area contributed by atoms with Crippen molar-refractivity contribution in [3.8, 4) is 5.75 Å². The van der Waals surface area contributed by atoms with Crippen molar-refractivity contribution in [2.24, 2.45) is 0 Å². The summed E-state index contributed by atoms with van der Waals surface area (Å²) in [5.74, 6) is 0.919. The first-order valence-electron chi connectivity index (χ1n) is 8.62. The molecule has 0 bridgehead atoms. The molecule has 1 N–H and O–H groups in total. The molecule has 0 saturated carbocycles. The van der Waals surface area contributed by atoms with E-state index in [1.54, 1.807) is 7.11 Å². The molecule has 25 heavy (non-hydrogen) atoms. The van der Waals surface area contributed by atoms with Gasteiger partial charge in [0.1, 0.15) is 5.75 Å². The summed E-state index contributed by atoms with van der Waals surface area (Å²) in [4.78, 5) is 16.6. The molecule has 2 aromatic rings. The highest BCUT2D eigenvalue weighted by Crippen LogP contribution is 2.20. The average Bonchev–Trinajstić information content (AvgIpc) is 2.64. The highest BCUT2D eigenvalue weighted by Gasteiger charge is 2.21. The number of ether oxygens (including phenoxy) is 1. The van der Waals surface area contributed by atoms with Gasteiger partial charge in [-0.3, -0.25) is 4.90 Å². The Morgan fingerprint density at radius 3 is 2.40 bits per heavy atom. The normalized spacial score (nSPS) is 15.0. The third-order valence-corrected chi connectivity index (χ3v) is 4.55. The van der Waals surface area contributed by atoms with Crippen molar-refractivity contribution in [2.45, 2.75) is 13.5 Å². The predicted molar refractivity (Wildman–Crippen MR) is 100 cm³/mol. The molecular formula is C20H25N3O2. The average molecular weight is 339 g/mol. The van der Waals surface area contributed by atoms with Gasteiger partial charge in [-0.25, -0.2) is 4.79 Å². The van der Waals surface area contributed by atoms with E-state index in [2.05, 4.69) is 16.3 Å². The van der Waals surface area contributed by atoms with Gasteiger partial charge in [0.2, 0.25) is 0 Å². The van der Waals surface area contributed by atoms with E-state index in [1.165, 1.54) is 11.1 Å². The highest BCUT2D eigenvalue weighted by atomic mass is 16.5. The zero-order valence-electron chi connectivity index (χ0n) is 14.9. The molecule has 1 fully saturated rings. The Kier molecular flexibility index (Phi) is 5.56. The van der Waals surface area contributed by atoms with Crippen LogP contribution in [0.5, 0.6) is 5.75 Å². The van der Waals surface area contributed by atoms with Gasteiger partial charge in [0, 0.05) is 44.0 Å². The van der Waals surface area contributed by atoms with E-state index < -0.39 is 0 Å². The van der Waals surface area contributed by atoms with E-state index in [0.29, 0.717) is 0 Å². The first kappa shape index (κ1) is 17.3. The molecule has 2 aromatic carbocycles. The Hall–Kier alpha value is -2.53. The molecule has 2 amide bonds. The maximum Gasteiger partial charge on any atom is 0.321 e. The minimum absolute atomic E-state index is 0.0270. The first-order chi connectivity index (χ1) is 12.2. The smallest absolute Gasteiger partial charge is 0.321 e. The van der Waals surface area contributed by atoms with Crippen molar-refractivity contribution in [3.05, 3.63) is 59.7 Å². The Labute approximate surface area is 149 Å². The van der Waals surface area contributed by atoms with E-state index >= 15 is 0 Å². The number of nitrogens with one attached hydrogen (secondary N) is 1. The molecule has 5 heteroatoms. The van der Waals surface area contributed by atoms with Gasteiger partial charge < -0.3 is 15.0 Å². The van der Waals surface area contributed by atoms with E-state index in [0.717, 1.165) is 44.2 Å². The minimum atomic E-state index is -0.0270. The standard InChI is InChI=1S/C20H25N3O2/c1-16-7-9-18(10-8-16)21-20(24)23-13-11-22(12-14-23)15-17-5-3-4-6-19(17)25-2/h3-10H,11-15H2,1-2H3,(H,21,24). The number of hydrogen-bond acceptors (Lipinski definition) is 3. The number of rotatable bonds is 4. The Morgan fingerprint density at radius 2 is 1.72 bits per heavy atom.